The van der Waals surface area contributed by atoms with Crippen molar-refractivity contribution < 1.29 is 52.8 Å². The molecule has 0 aliphatic heterocycles. The molecule has 0 aliphatic carbocycles. The van der Waals surface area contributed by atoms with E-state index >= 15 is 0 Å². The van der Waals surface area contributed by atoms with Crippen LogP contribution in [0.5, 0.6) is 0 Å². The molecule has 0 aromatic carbocycles. The summed E-state index contributed by atoms with van der Waals surface area (Å²) >= 11 is 0. The van der Waals surface area contributed by atoms with E-state index in [0.717, 1.165) is 0 Å². The Morgan fingerprint density at radius 3 is 1.25 bits per heavy atom. The maximum absolute atomic E-state index is 0. The van der Waals surface area contributed by atoms with Crippen molar-refractivity contribution in [1.82, 2.24) is 6.15 Å². The van der Waals surface area contributed by atoms with Gasteiger partial charge in [0.05, 0.1) is 0 Å². The third kappa shape index (κ3) is 8.84. The second-order valence-electron chi connectivity index (χ2n) is 0. The molecule has 0 aromatic rings. The van der Waals surface area contributed by atoms with Crippen molar-refractivity contribution in [1.29, 1.82) is 0 Å². The number of hydrogen-bond acceptors (Lipinski definition) is 1. The van der Waals surface area contributed by atoms with Crippen LogP contribution in [-0.2, 0) is 0 Å². The van der Waals surface area contributed by atoms with Gasteiger partial charge in [-0.3, -0.25) is 0 Å². The van der Waals surface area contributed by atoms with Gasteiger partial charge in [-0.05, 0) is 0 Å². The molecule has 0 aromatic heterocycles. The minimum absolute atomic E-state index is 0. The summed E-state index contributed by atoms with van der Waals surface area (Å²) in [6, 6.07) is 0. The average molecular weight is 115 g/mol. The molecule has 0 saturated carbocycles. The summed E-state index contributed by atoms with van der Waals surface area (Å²) in [7, 11) is 0. The van der Waals surface area contributed by atoms with Gasteiger partial charge in [-0.25, -0.2) is 0 Å². The topological polar surface area (TPSA) is 35.0 Å². The van der Waals surface area contributed by atoms with E-state index in [1.165, 1.54) is 0 Å². The first kappa shape index (κ1) is 29.2. The Labute approximate surface area is 89.9 Å². The first-order chi connectivity index (χ1) is 0. The molecule has 0 rings (SSSR count). The van der Waals surface area contributed by atoms with E-state index in [-0.39, 0.29) is 91.9 Å². The first-order valence-electron chi connectivity index (χ1n) is 0. The molecule has 1 atom stereocenters. The standard InChI is InChI=1S/K.Mg.H3N.H3P.H/h;;2*1H3;/q+1;;;;-1. The van der Waals surface area contributed by atoms with Gasteiger partial charge in [-0.1, -0.05) is 0 Å². The summed E-state index contributed by atoms with van der Waals surface area (Å²) in [5, 5.41) is 0. The van der Waals surface area contributed by atoms with Crippen molar-refractivity contribution >= 4 is 33.0 Å². The van der Waals surface area contributed by atoms with Gasteiger partial charge >= 0.3 is 51.4 Å². The van der Waals surface area contributed by atoms with Gasteiger partial charge in [0.15, 0.2) is 0 Å². The van der Waals surface area contributed by atoms with E-state index in [2.05, 4.69) is 0 Å². The van der Waals surface area contributed by atoms with Crippen LogP contribution in [0.25, 0.3) is 0 Å². The largest absolute Gasteiger partial charge is 1.00 e. The second-order valence-corrected chi connectivity index (χ2v) is 0. The van der Waals surface area contributed by atoms with Gasteiger partial charge in [0, 0.05) is 23.1 Å². The van der Waals surface area contributed by atoms with Crippen LogP contribution < -0.4 is 57.5 Å². The van der Waals surface area contributed by atoms with Crippen molar-refractivity contribution in [3.8, 4) is 0 Å². The molecule has 0 bridgehead atoms. The zero-order valence-corrected chi connectivity index (χ0v) is 9.07. The van der Waals surface area contributed by atoms with Crippen LogP contribution in [0.15, 0.2) is 0 Å². The molecular formula is H7KMgNP. The molecule has 0 amide bonds. The number of hydrogen-bond donors (Lipinski definition) is 1. The molecular weight excluding hydrogens is 108 g/mol. The maximum Gasteiger partial charge on any atom is 1.00 e. The van der Waals surface area contributed by atoms with Crippen molar-refractivity contribution in [2.75, 3.05) is 0 Å². The Hall–Kier alpha value is 2.79. The molecule has 0 heterocycles. The molecule has 1 unspecified atom stereocenters. The normalized spacial score (nSPS) is 0. The Morgan fingerprint density at radius 2 is 1.25 bits per heavy atom. The molecule has 0 aliphatic rings. The predicted octanol–water partition coefficient (Wildman–Crippen LogP) is -3.04. The van der Waals surface area contributed by atoms with Gasteiger partial charge < -0.3 is 7.58 Å². The van der Waals surface area contributed by atoms with Crippen molar-refractivity contribution in [3.63, 3.8) is 0 Å². The maximum atomic E-state index is 0. The van der Waals surface area contributed by atoms with Crippen LogP contribution in [0.3, 0.4) is 0 Å². The van der Waals surface area contributed by atoms with Gasteiger partial charge in [-0.15, -0.1) is 0 Å². The van der Waals surface area contributed by atoms with Crippen molar-refractivity contribution in [2.45, 2.75) is 0 Å². The summed E-state index contributed by atoms with van der Waals surface area (Å²) in [4.78, 5) is 0. The van der Waals surface area contributed by atoms with E-state index in [9.17, 15) is 0 Å². The Kier molecular flexibility index (Phi) is 125. The summed E-state index contributed by atoms with van der Waals surface area (Å²) < 4.78 is 0. The minimum Gasteiger partial charge on any atom is -1.00 e. The van der Waals surface area contributed by atoms with Gasteiger partial charge in [-0.2, -0.15) is 9.90 Å². The fourth-order valence-corrected chi connectivity index (χ4v) is 0. The smallest absolute Gasteiger partial charge is 1.00 e. The summed E-state index contributed by atoms with van der Waals surface area (Å²) in [6.45, 7) is 0. The third-order valence-corrected chi connectivity index (χ3v) is 0. The molecule has 0 spiro atoms. The van der Waals surface area contributed by atoms with Crippen LogP contribution in [0.2, 0.25) is 0 Å². The Balaban J connectivity index is 0. The molecule has 4 heavy (non-hydrogen) atoms. The van der Waals surface area contributed by atoms with E-state index < -0.39 is 0 Å². The molecule has 1 nitrogen and oxygen atoms in total. The molecule has 4 heteroatoms. The van der Waals surface area contributed by atoms with E-state index in [4.69, 9.17) is 0 Å². The monoisotopic (exact) mass is 115 g/mol. The van der Waals surface area contributed by atoms with Crippen LogP contribution >= 0.6 is 9.90 Å². The van der Waals surface area contributed by atoms with Crippen LogP contribution in [-0.4, -0.2) is 23.1 Å². The van der Waals surface area contributed by atoms with Crippen LogP contribution in [0.1, 0.15) is 1.43 Å². The second kappa shape index (κ2) is 17.1. The molecule has 3 N–H and O–H groups in total. The quantitative estimate of drug-likeness (QED) is 0.264. The van der Waals surface area contributed by atoms with Gasteiger partial charge in [0.2, 0.25) is 0 Å². The molecule has 2 radical (unpaired) electrons. The molecule has 0 fully saturated rings. The zero-order valence-electron chi connectivity index (χ0n) is 4.12. The van der Waals surface area contributed by atoms with Crippen molar-refractivity contribution in [2.24, 2.45) is 0 Å². The number of rotatable bonds is 0. The Morgan fingerprint density at radius 1 is 1.25 bits per heavy atom. The van der Waals surface area contributed by atoms with Gasteiger partial charge in [0.1, 0.15) is 0 Å². The van der Waals surface area contributed by atoms with Crippen molar-refractivity contribution in [3.05, 3.63) is 0 Å². The van der Waals surface area contributed by atoms with Crippen LogP contribution in [0.4, 0.5) is 0 Å². The van der Waals surface area contributed by atoms with E-state index in [1.54, 1.807) is 0 Å². The van der Waals surface area contributed by atoms with Crippen LogP contribution in [0, 0.1) is 0 Å². The molecule has 0 saturated heterocycles. The average Bonchev–Trinajstić information content (AvgIpc) is 0. The predicted molar refractivity (Wildman–Crippen MR) is 23.0 cm³/mol. The minimum atomic E-state index is 0. The fourth-order valence-electron chi connectivity index (χ4n) is 0. The van der Waals surface area contributed by atoms with E-state index in [1.807, 2.05) is 0 Å². The summed E-state index contributed by atoms with van der Waals surface area (Å²) in [5.41, 5.74) is 0. The Bertz CT molecular complexity index is 11.6. The zero-order chi connectivity index (χ0) is 0. The van der Waals surface area contributed by atoms with E-state index in [0.29, 0.717) is 0 Å². The molecule has 20 valence electrons. The fraction of sp³-hybridized carbons (Fsp3) is 0. The SMILES string of the molecule is N.P.[H-].[K+].[Mg]. The third-order valence-electron chi connectivity index (χ3n) is 0. The summed E-state index contributed by atoms with van der Waals surface area (Å²) in [5.74, 6) is 0. The van der Waals surface area contributed by atoms with Gasteiger partial charge in [0.25, 0.3) is 0 Å². The summed E-state index contributed by atoms with van der Waals surface area (Å²) in [6.07, 6.45) is 0. The first-order valence-corrected chi connectivity index (χ1v) is 0.